The number of β-lactam (4-membered cyclic amide) rings is 1. The van der Waals surface area contributed by atoms with E-state index in [2.05, 4.69) is 10.6 Å². The number of nitrogens with one attached hydrogen (secondary N) is 2. The van der Waals surface area contributed by atoms with Crippen LogP contribution in [0.25, 0.3) is 0 Å². The zero-order valence-electron chi connectivity index (χ0n) is 15.2. The van der Waals surface area contributed by atoms with Crippen LogP contribution in [-0.4, -0.2) is 70.3 Å². The number of amides is 3. The van der Waals surface area contributed by atoms with Gasteiger partial charge in [0.1, 0.15) is 17.2 Å². The molecule has 4 unspecified atom stereocenters. The van der Waals surface area contributed by atoms with Gasteiger partial charge < -0.3 is 26.2 Å². The zero-order chi connectivity index (χ0) is 19.0. The van der Waals surface area contributed by atoms with Gasteiger partial charge in [0.05, 0.1) is 12.6 Å². The molecule has 2 fully saturated rings. The molecule has 2 aliphatic heterocycles. The van der Waals surface area contributed by atoms with Crippen LogP contribution in [0.3, 0.4) is 0 Å². The third kappa shape index (κ3) is 3.87. The number of nitrogens with two attached hydrogens (primary N) is 1. The molecule has 3 amide bonds. The number of hydrogen-bond donors (Lipinski definition) is 4. The van der Waals surface area contributed by atoms with Crippen molar-refractivity contribution < 1.29 is 24.2 Å². The van der Waals surface area contributed by atoms with Crippen molar-refractivity contribution in [1.29, 1.82) is 0 Å². The summed E-state index contributed by atoms with van der Waals surface area (Å²) < 4.78 is 5.47. The van der Waals surface area contributed by atoms with Crippen molar-refractivity contribution in [3.05, 3.63) is 0 Å². The maximum Gasteiger partial charge on any atom is 0.411 e. The summed E-state index contributed by atoms with van der Waals surface area (Å²) in [6, 6.07) is -1.26. The summed E-state index contributed by atoms with van der Waals surface area (Å²) in [6.07, 6.45) is -0.403. The molecule has 9 nitrogen and oxygen atoms in total. The first-order valence-corrected chi connectivity index (χ1v) is 8.49. The van der Waals surface area contributed by atoms with Crippen molar-refractivity contribution in [3.63, 3.8) is 0 Å². The van der Waals surface area contributed by atoms with Crippen LogP contribution in [0.15, 0.2) is 0 Å². The average molecular weight is 356 g/mol. The van der Waals surface area contributed by atoms with Gasteiger partial charge in [-0.05, 0) is 40.5 Å². The zero-order valence-corrected chi connectivity index (χ0v) is 15.2. The molecule has 9 heteroatoms. The molecule has 2 heterocycles. The predicted octanol–water partition coefficient (Wildman–Crippen LogP) is -0.921. The SMILES string of the molecule is CC(O)C(NCC1CCC2(CNC2=O)N1C(=O)OC(C)(C)C)C(N)=O. The fourth-order valence-corrected chi connectivity index (χ4v) is 3.37. The summed E-state index contributed by atoms with van der Waals surface area (Å²) in [5.41, 5.74) is 3.71. The van der Waals surface area contributed by atoms with E-state index >= 15 is 0 Å². The largest absolute Gasteiger partial charge is 0.444 e. The minimum absolute atomic E-state index is 0.192. The van der Waals surface area contributed by atoms with E-state index in [-0.39, 0.29) is 18.5 Å². The Bertz CT molecular complexity index is 559. The van der Waals surface area contributed by atoms with Crippen molar-refractivity contribution in [2.75, 3.05) is 13.1 Å². The normalized spacial score (nSPS) is 28.3. The first kappa shape index (κ1) is 19.5. The average Bonchev–Trinajstić information content (AvgIpc) is 2.85. The molecule has 2 saturated heterocycles. The number of likely N-dealkylation sites (tertiary alicyclic amines) is 1. The quantitative estimate of drug-likeness (QED) is 0.471. The molecule has 0 aliphatic carbocycles. The fraction of sp³-hybridized carbons (Fsp3) is 0.812. The standard InChI is InChI=1S/C16H28N4O5/c1-9(21)11(12(17)22)18-7-10-5-6-16(8-19-13(16)23)20(10)14(24)25-15(2,3)4/h9-11,18,21H,5-8H2,1-4H3,(H2,17,22)(H,19,23). The van der Waals surface area contributed by atoms with E-state index in [9.17, 15) is 19.5 Å². The van der Waals surface area contributed by atoms with Gasteiger partial charge in [0.15, 0.2) is 0 Å². The molecule has 0 saturated carbocycles. The summed E-state index contributed by atoms with van der Waals surface area (Å²) in [4.78, 5) is 37.7. The second-order valence-corrected chi connectivity index (χ2v) is 7.79. The van der Waals surface area contributed by atoms with Gasteiger partial charge in [0, 0.05) is 12.6 Å². The summed E-state index contributed by atoms with van der Waals surface area (Å²) in [6.45, 7) is 7.36. The highest BCUT2D eigenvalue weighted by Crippen LogP contribution is 2.38. The molecule has 0 aromatic carbocycles. The number of rotatable bonds is 5. The van der Waals surface area contributed by atoms with Gasteiger partial charge in [-0.25, -0.2) is 4.79 Å². The molecule has 2 rings (SSSR count). The van der Waals surface area contributed by atoms with Crippen molar-refractivity contribution in [1.82, 2.24) is 15.5 Å². The summed E-state index contributed by atoms with van der Waals surface area (Å²) >= 11 is 0. The monoisotopic (exact) mass is 356 g/mol. The Morgan fingerprint density at radius 3 is 2.56 bits per heavy atom. The van der Waals surface area contributed by atoms with Gasteiger partial charge in [0.2, 0.25) is 11.8 Å². The number of aliphatic hydroxyl groups excluding tert-OH is 1. The number of carbonyl (C=O) groups is 3. The Kier molecular flexibility index (Phi) is 5.29. The van der Waals surface area contributed by atoms with E-state index in [0.717, 1.165) is 0 Å². The number of primary amides is 1. The molecule has 25 heavy (non-hydrogen) atoms. The Morgan fingerprint density at radius 1 is 1.52 bits per heavy atom. The van der Waals surface area contributed by atoms with Gasteiger partial charge in [0.25, 0.3) is 0 Å². The lowest BCUT2D eigenvalue weighted by Crippen LogP contribution is -2.73. The molecule has 142 valence electrons. The van der Waals surface area contributed by atoms with Crippen LogP contribution in [0.4, 0.5) is 4.79 Å². The smallest absolute Gasteiger partial charge is 0.411 e. The van der Waals surface area contributed by atoms with Gasteiger partial charge in [-0.1, -0.05) is 0 Å². The summed E-state index contributed by atoms with van der Waals surface area (Å²) in [5.74, 6) is -0.865. The molecule has 2 aliphatic rings. The number of carbonyl (C=O) groups excluding carboxylic acids is 3. The second kappa shape index (κ2) is 6.80. The maximum atomic E-state index is 12.7. The van der Waals surface area contributed by atoms with E-state index in [1.807, 2.05) is 0 Å². The van der Waals surface area contributed by atoms with Crippen LogP contribution >= 0.6 is 0 Å². The molecule has 0 radical (unpaired) electrons. The Morgan fingerprint density at radius 2 is 2.16 bits per heavy atom. The highest BCUT2D eigenvalue weighted by molar-refractivity contribution is 5.96. The minimum atomic E-state index is -0.963. The topological polar surface area (TPSA) is 134 Å². The highest BCUT2D eigenvalue weighted by atomic mass is 16.6. The van der Waals surface area contributed by atoms with Gasteiger partial charge >= 0.3 is 6.09 Å². The van der Waals surface area contributed by atoms with Crippen LogP contribution in [-0.2, 0) is 14.3 Å². The van der Waals surface area contributed by atoms with Gasteiger partial charge in [-0.3, -0.25) is 14.5 Å². The van der Waals surface area contributed by atoms with E-state index in [1.165, 1.54) is 11.8 Å². The highest BCUT2D eigenvalue weighted by Gasteiger charge is 2.59. The van der Waals surface area contributed by atoms with E-state index in [1.54, 1.807) is 20.8 Å². The molecule has 0 aromatic rings. The first-order valence-electron chi connectivity index (χ1n) is 8.49. The maximum absolute atomic E-state index is 12.7. The predicted molar refractivity (Wildman–Crippen MR) is 89.5 cm³/mol. The van der Waals surface area contributed by atoms with Gasteiger partial charge in [-0.2, -0.15) is 0 Å². The minimum Gasteiger partial charge on any atom is -0.444 e. The molecule has 4 atom stereocenters. The lowest BCUT2D eigenvalue weighted by atomic mass is 9.88. The van der Waals surface area contributed by atoms with Crippen molar-refractivity contribution in [3.8, 4) is 0 Å². The summed E-state index contributed by atoms with van der Waals surface area (Å²) in [5, 5.41) is 15.2. The number of nitrogens with zero attached hydrogens (tertiary/aromatic N) is 1. The second-order valence-electron chi connectivity index (χ2n) is 7.79. The van der Waals surface area contributed by atoms with Crippen LogP contribution in [0, 0.1) is 0 Å². The molecule has 1 spiro atoms. The third-order valence-corrected chi connectivity index (χ3v) is 4.63. The van der Waals surface area contributed by atoms with Crippen LogP contribution in [0.1, 0.15) is 40.5 Å². The van der Waals surface area contributed by atoms with E-state index in [0.29, 0.717) is 19.4 Å². The van der Waals surface area contributed by atoms with Crippen LogP contribution in [0.2, 0.25) is 0 Å². The van der Waals surface area contributed by atoms with Crippen molar-refractivity contribution in [2.24, 2.45) is 5.73 Å². The molecular formula is C16H28N4O5. The van der Waals surface area contributed by atoms with E-state index in [4.69, 9.17) is 10.5 Å². The lowest BCUT2D eigenvalue weighted by Gasteiger charge is -2.46. The third-order valence-electron chi connectivity index (χ3n) is 4.63. The number of ether oxygens (including phenoxy) is 1. The Hall–Kier alpha value is -1.87. The van der Waals surface area contributed by atoms with Crippen LogP contribution < -0.4 is 16.4 Å². The van der Waals surface area contributed by atoms with Crippen LogP contribution in [0.5, 0.6) is 0 Å². The first-order chi connectivity index (χ1) is 11.5. The molecule has 0 bridgehead atoms. The Labute approximate surface area is 147 Å². The van der Waals surface area contributed by atoms with Crippen molar-refractivity contribution >= 4 is 17.9 Å². The fourth-order valence-electron chi connectivity index (χ4n) is 3.37. The lowest BCUT2D eigenvalue weighted by molar-refractivity contribution is -0.141. The molecule has 5 N–H and O–H groups in total. The Balaban J connectivity index is 2.15. The van der Waals surface area contributed by atoms with Crippen molar-refractivity contribution in [2.45, 2.75) is 69.9 Å². The molecule has 0 aromatic heterocycles. The summed E-state index contributed by atoms with van der Waals surface area (Å²) in [7, 11) is 0. The van der Waals surface area contributed by atoms with E-state index < -0.39 is 35.3 Å². The van der Waals surface area contributed by atoms with Gasteiger partial charge in [-0.15, -0.1) is 0 Å². The number of aliphatic hydroxyl groups is 1. The number of hydrogen-bond acceptors (Lipinski definition) is 6. The molecular weight excluding hydrogens is 328 g/mol.